The van der Waals surface area contributed by atoms with Crippen LogP contribution < -0.4 is 5.73 Å². The Bertz CT molecular complexity index is 924. The number of nitrogens with zero attached hydrogens (tertiary/aromatic N) is 1. The molecule has 3 heteroatoms. The maximum absolute atomic E-state index is 6.00. The minimum absolute atomic E-state index is 0.680. The van der Waals surface area contributed by atoms with Crippen molar-refractivity contribution in [1.29, 1.82) is 0 Å². The molecule has 0 amide bonds. The quantitative estimate of drug-likeness (QED) is 0.557. The number of nitrogens with two attached hydrogens (primary N) is 1. The Morgan fingerprint density at radius 3 is 2.65 bits per heavy atom. The molecule has 0 atom stereocenters. The minimum atomic E-state index is 0.680. The predicted molar refractivity (Wildman–Crippen MR) is 81.4 cm³/mol. The highest BCUT2D eigenvalue weighted by molar-refractivity contribution is 6.06. The monoisotopic (exact) mass is 260 g/mol. The summed E-state index contributed by atoms with van der Waals surface area (Å²) in [6.07, 6.45) is 3.43. The summed E-state index contributed by atoms with van der Waals surface area (Å²) in [6.45, 7) is 0. The summed E-state index contributed by atoms with van der Waals surface area (Å²) in [5, 5.41) is 2.23. The summed E-state index contributed by atoms with van der Waals surface area (Å²) >= 11 is 0. The Balaban J connectivity index is 2.03. The second-order valence-corrected chi connectivity index (χ2v) is 4.77. The molecule has 2 aromatic carbocycles. The molecule has 20 heavy (non-hydrogen) atoms. The van der Waals surface area contributed by atoms with Gasteiger partial charge < -0.3 is 10.2 Å². The molecular weight excluding hydrogens is 248 g/mol. The van der Waals surface area contributed by atoms with E-state index in [4.69, 9.17) is 10.2 Å². The third kappa shape index (κ3) is 1.57. The van der Waals surface area contributed by atoms with Crippen LogP contribution in [0.3, 0.4) is 0 Å². The zero-order valence-corrected chi connectivity index (χ0v) is 10.7. The molecule has 0 unspecified atom stereocenters. The van der Waals surface area contributed by atoms with E-state index in [1.807, 2.05) is 36.4 Å². The van der Waals surface area contributed by atoms with Gasteiger partial charge in [-0.3, -0.25) is 4.98 Å². The van der Waals surface area contributed by atoms with Gasteiger partial charge in [0.15, 0.2) is 0 Å². The van der Waals surface area contributed by atoms with Gasteiger partial charge in [0, 0.05) is 22.5 Å². The van der Waals surface area contributed by atoms with E-state index in [9.17, 15) is 0 Å². The van der Waals surface area contributed by atoms with Gasteiger partial charge in [0.1, 0.15) is 11.2 Å². The zero-order chi connectivity index (χ0) is 13.5. The normalized spacial score (nSPS) is 11.2. The molecule has 2 heterocycles. The molecule has 0 aliphatic heterocycles. The average Bonchev–Trinajstić information content (AvgIpc) is 2.85. The van der Waals surface area contributed by atoms with Crippen LogP contribution in [0.4, 0.5) is 5.69 Å². The first-order valence-corrected chi connectivity index (χ1v) is 6.44. The maximum atomic E-state index is 6.00. The molecule has 96 valence electrons. The molecule has 0 radical (unpaired) electrons. The van der Waals surface area contributed by atoms with Gasteiger partial charge in [0.25, 0.3) is 0 Å². The van der Waals surface area contributed by atoms with Crippen molar-refractivity contribution in [2.24, 2.45) is 0 Å². The molecule has 2 N–H and O–H groups in total. The second-order valence-electron chi connectivity index (χ2n) is 4.77. The number of furan rings is 1. The first-order chi connectivity index (χ1) is 9.83. The van der Waals surface area contributed by atoms with E-state index in [2.05, 4.69) is 17.1 Å². The van der Waals surface area contributed by atoms with Gasteiger partial charge in [-0.1, -0.05) is 24.3 Å². The second kappa shape index (κ2) is 4.10. The lowest BCUT2D eigenvalue weighted by Crippen LogP contribution is -1.90. The van der Waals surface area contributed by atoms with E-state index in [0.29, 0.717) is 5.69 Å². The fourth-order valence-electron chi connectivity index (χ4n) is 2.56. The van der Waals surface area contributed by atoms with Gasteiger partial charge in [-0.2, -0.15) is 0 Å². The number of hydrogen-bond acceptors (Lipinski definition) is 3. The van der Waals surface area contributed by atoms with Crippen molar-refractivity contribution >= 4 is 27.6 Å². The van der Waals surface area contributed by atoms with Crippen LogP contribution in [0.5, 0.6) is 0 Å². The Morgan fingerprint density at radius 1 is 0.900 bits per heavy atom. The van der Waals surface area contributed by atoms with Crippen molar-refractivity contribution < 1.29 is 4.42 Å². The average molecular weight is 260 g/mol. The predicted octanol–water partition coefficient (Wildman–Crippen LogP) is 4.23. The summed E-state index contributed by atoms with van der Waals surface area (Å²) in [7, 11) is 0. The summed E-state index contributed by atoms with van der Waals surface area (Å²) in [6, 6.07) is 16.1. The van der Waals surface area contributed by atoms with Crippen LogP contribution in [0, 0.1) is 0 Å². The molecule has 3 nitrogen and oxygen atoms in total. The standard InChI is InChI=1S/C17H12N2O/c18-15-10-19-8-7-12(15)11-5-6-17-14(9-11)13-3-1-2-4-16(13)20-17/h1-10H,18H2. The van der Waals surface area contributed by atoms with Gasteiger partial charge in [-0.25, -0.2) is 0 Å². The smallest absolute Gasteiger partial charge is 0.135 e. The summed E-state index contributed by atoms with van der Waals surface area (Å²) < 4.78 is 5.83. The first-order valence-electron chi connectivity index (χ1n) is 6.44. The Kier molecular flexibility index (Phi) is 2.27. The molecule has 0 aliphatic carbocycles. The van der Waals surface area contributed by atoms with E-state index < -0.39 is 0 Å². The van der Waals surface area contributed by atoms with E-state index in [-0.39, 0.29) is 0 Å². The zero-order valence-electron chi connectivity index (χ0n) is 10.7. The van der Waals surface area contributed by atoms with E-state index in [0.717, 1.165) is 33.1 Å². The van der Waals surface area contributed by atoms with Crippen molar-refractivity contribution in [3.05, 3.63) is 60.9 Å². The van der Waals surface area contributed by atoms with Crippen molar-refractivity contribution in [3.63, 3.8) is 0 Å². The number of pyridine rings is 1. The number of fused-ring (bicyclic) bond motifs is 3. The molecule has 0 fully saturated rings. The summed E-state index contributed by atoms with van der Waals surface area (Å²) in [4.78, 5) is 4.03. The van der Waals surface area contributed by atoms with E-state index in [1.54, 1.807) is 12.4 Å². The first kappa shape index (κ1) is 11.1. The maximum Gasteiger partial charge on any atom is 0.135 e. The molecule has 0 spiro atoms. The van der Waals surface area contributed by atoms with Gasteiger partial charge in [-0.05, 0) is 29.8 Å². The van der Waals surface area contributed by atoms with E-state index >= 15 is 0 Å². The van der Waals surface area contributed by atoms with Crippen LogP contribution in [0.2, 0.25) is 0 Å². The van der Waals surface area contributed by atoms with Crippen molar-refractivity contribution in [2.45, 2.75) is 0 Å². The Morgan fingerprint density at radius 2 is 1.75 bits per heavy atom. The number of benzene rings is 2. The summed E-state index contributed by atoms with van der Waals surface area (Å²) in [5.74, 6) is 0. The van der Waals surface area contributed by atoms with Crippen LogP contribution in [-0.4, -0.2) is 4.98 Å². The minimum Gasteiger partial charge on any atom is -0.456 e. The number of nitrogen functional groups attached to an aromatic ring is 1. The molecule has 0 saturated heterocycles. The molecule has 0 aliphatic rings. The van der Waals surface area contributed by atoms with Crippen molar-refractivity contribution in [3.8, 4) is 11.1 Å². The van der Waals surface area contributed by atoms with Crippen LogP contribution in [0.15, 0.2) is 65.3 Å². The highest BCUT2D eigenvalue weighted by Gasteiger charge is 2.09. The highest BCUT2D eigenvalue weighted by Crippen LogP contribution is 2.33. The van der Waals surface area contributed by atoms with Crippen LogP contribution in [-0.2, 0) is 0 Å². The van der Waals surface area contributed by atoms with E-state index in [1.165, 1.54) is 0 Å². The van der Waals surface area contributed by atoms with Crippen LogP contribution in [0.1, 0.15) is 0 Å². The number of para-hydroxylation sites is 1. The Hall–Kier alpha value is -2.81. The summed E-state index contributed by atoms with van der Waals surface area (Å²) in [5.41, 5.74) is 10.5. The lowest BCUT2D eigenvalue weighted by atomic mass is 10.0. The third-order valence-corrected chi connectivity index (χ3v) is 3.54. The molecular formula is C17H12N2O. The highest BCUT2D eigenvalue weighted by atomic mass is 16.3. The Labute approximate surface area is 115 Å². The molecule has 0 saturated carbocycles. The number of hydrogen-bond donors (Lipinski definition) is 1. The topological polar surface area (TPSA) is 52.0 Å². The fraction of sp³-hybridized carbons (Fsp3) is 0. The number of aromatic nitrogens is 1. The molecule has 2 aromatic heterocycles. The number of anilines is 1. The number of rotatable bonds is 1. The van der Waals surface area contributed by atoms with Crippen molar-refractivity contribution in [1.82, 2.24) is 4.98 Å². The SMILES string of the molecule is Nc1cnccc1-c1ccc2oc3ccccc3c2c1. The van der Waals surface area contributed by atoms with Crippen LogP contribution in [0.25, 0.3) is 33.1 Å². The van der Waals surface area contributed by atoms with Gasteiger partial charge in [-0.15, -0.1) is 0 Å². The van der Waals surface area contributed by atoms with Gasteiger partial charge in [0.05, 0.1) is 11.9 Å². The lowest BCUT2D eigenvalue weighted by molar-refractivity contribution is 0.669. The lowest BCUT2D eigenvalue weighted by Gasteiger charge is -2.04. The van der Waals surface area contributed by atoms with Crippen molar-refractivity contribution in [2.75, 3.05) is 5.73 Å². The fourth-order valence-corrected chi connectivity index (χ4v) is 2.56. The molecule has 4 rings (SSSR count). The van der Waals surface area contributed by atoms with Gasteiger partial charge >= 0.3 is 0 Å². The molecule has 4 aromatic rings. The molecule has 0 bridgehead atoms. The van der Waals surface area contributed by atoms with Crippen LogP contribution >= 0.6 is 0 Å². The largest absolute Gasteiger partial charge is 0.456 e. The van der Waals surface area contributed by atoms with Gasteiger partial charge in [0.2, 0.25) is 0 Å². The third-order valence-electron chi connectivity index (χ3n) is 3.54.